The maximum absolute atomic E-state index is 5.63. The summed E-state index contributed by atoms with van der Waals surface area (Å²) in [5, 5.41) is 0. The molecule has 0 unspecified atom stereocenters. The van der Waals surface area contributed by atoms with E-state index in [4.69, 9.17) is 10.5 Å². The van der Waals surface area contributed by atoms with Crippen molar-refractivity contribution in [2.24, 2.45) is 5.73 Å². The Morgan fingerprint density at radius 1 is 1.11 bits per heavy atom. The fraction of sp³-hybridized carbons (Fsp3) is 0.500. The van der Waals surface area contributed by atoms with Gasteiger partial charge in [0.1, 0.15) is 0 Å². The number of benzene rings is 1. The molecule has 18 heavy (non-hydrogen) atoms. The van der Waals surface area contributed by atoms with Crippen molar-refractivity contribution in [3.63, 3.8) is 0 Å². The highest BCUT2D eigenvalue weighted by Gasteiger charge is 1.94. The van der Waals surface area contributed by atoms with Crippen molar-refractivity contribution < 1.29 is 4.74 Å². The van der Waals surface area contributed by atoms with Crippen LogP contribution < -0.4 is 5.73 Å². The zero-order valence-electron chi connectivity index (χ0n) is 11.2. The van der Waals surface area contributed by atoms with Crippen LogP contribution in [-0.2, 0) is 11.3 Å². The molecule has 0 spiro atoms. The van der Waals surface area contributed by atoms with Crippen molar-refractivity contribution in [3.05, 3.63) is 35.4 Å². The standard InChI is InChI=1S/C16H23NO/c1-2-3-4-5-13-18-14-16-10-8-15(9-11-16)7-6-12-17/h8-11H,2-5,12-14,17H2,1H3. The van der Waals surface area contributed by atoms with Gasteiger partial charge in [-0.2, -0.15) is 0 Å². The third kappa shape index (κ3) is 6.44. The van der Waals surface area contributed by atoms with Crippen LogP contribution in [0.1, 0.15) is 43.7 Å². The normalized spacial score (nSPS) is 9.89. The van der Waals surface area contributed by atoms with Crippen LogP contribution in [0.4, 0.5) is 0 Å². The van der Waals surface area contributed by atoms with Gasteiger partial charge in [0.2, 0.25) is 0 Å². The molecule has 0 fully saturated rings. The summed E-state index contributed by atoms with van der Waals surface area (Å²) >= 11 is 0. The smallest absolute Gasteiger partial charge is 0.0716 e. The summed E-state index contributed by atoms with van der Waals surface area (Å²) in [5.74, 6) is 5.85. The van der Waals surface area contributed by atoms with Gasteiger partial charge in [0.05, 0.1) is 13.2 Å². The van der Waals surface area contributed by atoms with Crippen LogP contribution in [0.15, 0.2) is 24.3 Å². The molecule has 0 saturated carbocycles. The van der Waals surface area contributed by atoms with Gasteiger partial charge in [0, 0.05) is 12.2 Å². The predicted octanol–water partition coefficient (Wildman–Crippen LogP) is 3.09. The van der Waals surface area contributed by atoms with Crippen molar-refractivity contribution in [1.82, 2.24) is 0 Å². The molecule has 0 bridgehead atoms. The van der Waals surface area contributed by atoms with Gasteiger partial charge in [-0.05, 0) is 24.1 Å². The molecule has 98 valence electrons. The van der Waals surface area contributed by atoms with Crippen LogP contribution in [-0.4, -0.2) is 13.2 Å². The van der Waals surface area contributed by atoms with E-state index in [1.54, 1.807) is 0 Å². The quantitative estimate of drug-likeness (QED) is 0.592. The van der Waals surface area contributed by atoms with Gasteiger partial charge < -0.3 is 10.5 Å². The first-order valence-corrected chi connectivity index (χ1v) is 6.72. The third-order valence-corrected chi connectivity index (χ3v) is 2.70. The Morgan fingerprint density at radius 3 is 2.56 bits per heavy atom. The van der Waals surface area contributed by atoms with E-state index in [0.717, 1.165) is 18.6 Å². The van der Waals surface area contributed by atoms with E-state index in [2.05, 4.69) is 30.9 Å². The van der Waals surface area contributed by atoms with Crippen LogP contribution in [0.2, 0.25) is 0 Å². The van der Waals surface area contributed by atoms with Gasteiger partial charge in [-0.1, -0.05) is 50.2 Å². The number of hydrogen-bond donors (Lipinski definition) is 1. The fourth-order valence-corrected chi connectivity index (χ4v) is 1.66. The first-order valence-electron chi connectivity index (χ1n) is 6.72. The molecule has 2 N–H and O–H groups in total. The molecule has 1 rings (SSSR count). The Labute approximate surface area is 111 Å². The molecule has 0 saturated heterocycles. The average molecular weight is 245 g/mol. The molecule has 1 aromatic rings. The molecular formula is C16H23NO. The second kappa shape index (κ2) is 9.70. The van der Waals surface area contributed by atoms with Gasteiger partial charge in [-0.15, -0.1) is 0 Å². The van der Waals surface area contributed by atoms with E-state index in [9.17, 15) is 0 Å². The number of ether oxygens (including phenoxy) is 1. The zero-order chi connectivity index (χ0) is 13.1. The van der Waals surface area contributed by atoms with Crippen molar-refractivity contribution in [1.29, 1.82) is 0 Å². The fourth-order valence-electron chi connectivity index (χ4n) is 1.66. The minimum atomic E-state index is 0.405. The van der Waals surface area contributed by atoms with Crippen molar-refractivity contribution in [2.75, 3.05) is 13.2 Å². The maximum Gasteiger partial charge on any atom is 0.0716 e. The molecule has 2 heteroatoms. The highest BCUT2D eigenvalue weighted by molar-refractivity contribution is 5.36. The molecule has 0 aliphatic heterocycles. The minimum absolute atomic E-state index is 0.405. The first kappa shape index (κ1) is 14.8. The largest absolute Gasteiger partial charge is 0.377 e. The average Bonchev–Trinajstić information content (AvgIpc) is 2.42. The topological polar surface area (TPSA) is 35.2 Å². The Hall–Kier alpha value is -1.30. The molecule has 0 heterocycles. The lowest BCUT2D eigenvalue weighted by atomic mass is 10.1. The lowest BCUT2D eigenvalue weighted by Crippen LogP contribution is -1.96. The Morgan fingerprint density at radius 2 is 1.89 bits per heavy atom. The van der Waals surface area contributed by atoms with Crippen LogP contribution in [0.3, 0.4) is 0 Å². The van der Waals surface area contributed by atoms with Gasteiger partial charge in [0.25, 0.3) is 0 Å². The molecule has 0 amide bonds. The van der Waals surface area contributed by atoms with Gasteiger partial charge in [0.15, 0.2) is 0 Å². The van der Waals surface area contributed by atoms with E-state index in [0.29, 0.717) is 13.2 Å². The van der Waals surface area contributed by atoms with E-state index in [1.807, 2.05) is 12.1 Å². The molecule has 2 nitrogen and oxygen atoms in total. The summed E-state index contributed by atoms with van der Waals surface area (Å²) in [6, 6.07) is 8.15. The molecule has 0 aromatic heterocycles. The third-order valence-electron chi connectivity index (χ3n) is 2.70. The molecule has 0 aliphatic carbocycles. The second-order valence-electron chi connectivity index (χ2n) is 4.32. The summed E-state index contributed by atoms with van der Waals surface area (Å²) in [4.78, 5) is 0. The highest BCUT2D eigenvalue weighted by atomic mass is 16.5. The second-order valence-corrected chi connectivity index (χ2v) is 4.32. The molecular weight excluding hydrogens is 222 g/mol. The molecule has 0 aliphatic rings. The SMILES string of the molecule is CCCCCCOCc1ccc(C#CCN)cc1. The molecule has 0 radical (unpaired) electrons. The lowest BCUT2D eigenvalue weighted by Gasteiger charge is -2.04. The van der Waals surface area contributed by atoms with Crippen LogP contribution in [0, 0.1) is 11.8 Å². The van der Waals surface area contributed by atoms with Crippen molar-refractivity contribution in [3.8, 4) is 11.8 Å². The first-order chi connectivity index (χ1) is 8.86. The summed E-state index contributed by atoms with van der Waals surface area (Å²) in [5.41, 5.74) is 7.53. The molecule has 0 atom stereocenters. The summed E-state index contributed by atoms with van der Waals surface area (Å²) in [6.07, 6.45) is 5.00. The Balaban J connectivity index is 2.22. The van der Waals surface area contributed by atoms with Gasteiger partial charge >= 0.3 is 0 Å². The Bertz CT molecular complexity index is 372. The Kier molecular flexibility index (Phi) is 7.96. The van der Waals surface area contributed by atoms with Crippen LogP contribution in [0.25, 0.3) is 0 Å². The summed E-state index contributed by atoms with van der Waals surface area (Å²) in [7, 11) is 0. The van der Waals surface area contributed by atoms with Crippen molar-refractivity contribution >= 4 is 0 Å². The van der Waals surface area contributed by atoms with Gasteiger partial charge in [-0.25, -0.2) is 0 Å². The van der Waals surface area contributed by atoms with Crippen LogP contribution >= 0.6 is 0 Å². The van der Waals surface area contributed by atoms with Crippen LogP contribution in [0.5, 0.6) is 0 Å². The van der Waals surface area contributed by atoms with E-state index in [-0.39, 0.29) is 0 Å². The van der Waals surface area contributed by atoms with E-state index < -0.39 is 0 Å². The van der Waals surface area contributed by atoms with Crippen molar-refractivity contribution in [2.45, 2.75) is 39.2 Å². The zero-order valence-corrected chi connectivity index (χ0v) is 11.2. The number of nitrogens with two attached hydrogens (primary N) is 1. The number of unbranched alkanes of at least 4 members (excludes halogenated alkanes) is 3. The van der Waals surface area contributed by atoms with Gasteiger partial charge in [-0.3, -0.25) is 0 Å². The maximum atomic E-state index is 5.63. The minimum Gasteiger partial charge on any atom is -0.377 e. The number of hydrogen-bond acceptors (Lipinski definition) is 2. The monoisotopic (exact) mass is 245 g/mol. The summed E-state index contributed by atoms with van der Waals surface area (Å²) < 4.78 is 5.63. The predicted molar refractivity (Wildman–Crippen MR) is 76.2 cm³/mol. The van der Waals surface area contributed by atoms with E-state index >= 15 is 0 Å². The van der Waals surface area contributed by atoms with E-state index in [1.165, 1.54) is 24.8 Å². The lowest BCUT2D eigenvalue weighted by molar-refractivity contribution is 0.117. The summed E-state index contributed by atoms with van der Waals surface area (Å²) in [6.45, 7) is 4.17. The number of rotatable bonds is 7. The highest BCUT2D eigenvalue weighted by Crippen LogP contribution is 2.06. The molecule has 1 aromatic carbocycles.